The van der Waals surface area contributed by atoms with Crippen molar-refractivity contribution >= 4 is 51.6 Å². The molecule has 7 rings (SSSR count). The summed E-state index contributed by atoms with van der Waals surface area (Å²) in [5.74, 6) is 8.86. The normalized spacial score (nSPS) is 19.0. The number of likely N-dealkylation sites (tertiary alicyclic amines) is 1. The molecule has 1 fully saturated rings. The second-order valence-electron chi connectivity index (χ2n) is 15.3. The summed E-state index contributed by atoms with van der Waals surface area (Å²) in [4.78, 5) is 32.3. The van der Waals surface area contributed by atoms with Gasteiger partial charge in [0.15, 0.2) is 5.13 Å². The molecule has 5 heterocycles. The maximum Gasteiger partial charge on any atom is 0.229 e. The number of hydrogen-bond acceptors (Lipinski definition) is 12. The highest BCUT2D eigenvalue weighted by molar-refractivity contribution is 8.00. The van der Waals surface area contributed by atoms with Gasteiger partial charge in [-0.1, -0.05) is 50.0 Å². The first-order valence-electron chi connectivity index (χ1n) is 18.8. The van der Waals surface area contributed by atoms with Crippen LogP contribution in [0.5, 0.6) is 0 Å². The van der Waals surface area contributed by atoms with E-state index in [2.05, 4.69) is 84.0 Å². The fraction of sp³-hybridized carbons (Fsp3) is 0.488. The molecule has 282 valence electrons. The highest BCUT2D eigenvalue weighted by Gasteiger charge is 2.31. The molecule has 2 unspecified atom stereocenters. The summed E-state index contributed by atoms with van der Waals surface area (Å²) in [6, 6.07) is 8.53. The predicted octanol–water partition coefficient (Wildman–Crippen LogP) is 7.60. The lowest BCUT2D eigenvalue weighted by molar-refractivity contribution is -0.121. The molecule has 54 heavy (non-hydrogen) atoms. The zero-order valence-corrected chi connectivity index (χ0v) is 33.8. The summed E-state index contributed by atoms with van der Waals surface area (Å²) in [5, 5.41) is 25.8. The van der Waals surface area contributed by atoms with Crippen molar-refractivity contribution in [2.75, 3.05) is 31.5 Å². The Bertz CT molecular complexity index is 2080. The second-order valence-corrected chi connectivity index (χ2v) is 18.7. The Morgan fingerprint density at radius 3 is 2.72 bits per heavy atom. The summed E-state index contributed by atoms with van der Waals surface area (Å²) in [6.45, 7) is 11.3. The molecule has 1 saturated heterocycles. The number of fused-ring (bicyclic) bond motifs is 2. The van der Waals surface area contributed by atoms with Crippen LogP contribution < -0.4 is 5.32 Å². The van der Waals surface area contributed by atoms with E-state index in [9.17, 15) is 15.2 Å². The Morgan fingerprint density at radius 1 is 1.15 bits per heavy atom. The number of aromatic nitrogens is 3. The zero-order valence-electron chi connectivity index (χ0n) is 31.4. The third-order valence-corrected chi connectivity index (χ3v) is 13.6. The van der Waals surface area contributed by atoms with Gasteiger partial charge in [0.2, 0.25) is 11.8 Å². The lowest BCUT2D eigenvalue weighted by Gasteiger charge is -2.38. The van der Waals surface area contributed by atoms with E-state index in [1.54, 1.807) is 41.6 Å². The van der Waals surface area contributed by atoms with Crippen LogP contribution in [-0.2, 0) is 35.2 Å². The van der Waals surface area contributed by atoms with Crippen molar-refractivity contribution in [3.05, 3.63) is 80.1 Å². The summed E-state index contributed by atoms with van der Waals surface area (Å²) in [7, 11) is 0. The summed E-state index contributed by atoms with van der Waals surface area (Å²) in [6.07, 6.45) is 11.1. The molecule has 0 bridgehead atoms. The number of benzene rings is 1. The van der Waals surface area contributed by atoms with E-state index in [0.29, 0.717) is 35.4 Å². The molecular formula is C41H47N7O3S3. The van der Waals surface area contributed by atoms with Crippen LogP contribution in [0.1, 0.15) is 103 Å². The van der Waals surface area contributed by atoms with Crippen LogP contribution in [0, 0.1) is 29.1 Å². The molecule has 0 saturated carbocycles. The van der Waals surface area contributed by atoms with Crippen LogP contribution in [0.2, 0.25) is 0 Å². The molecule has 1 aliphatic carbocycles. The molecule has 3 aromatic heterocycles. The number of carbonyl (C=O) groups is 1. The van der Waals surface area contributed by atoms with Crippen molar-refractivity contribution < 1.29 is 14.3 Å². The number of nitriles is 1. The van der Waals surface area contributed by atoms with E-state index in [0.717, 1.165) is 83.4 Å². The van der Waals surface area contributed by atoms with Crippen LogP contribution in [0.4, 0.5) is 5.13 Å². The van der Waals surface area contributed by atoms with E-state index in [1.807, 2.05) is 4.90 Å². The van der Waals surface area contributed by atoms with Crippen LogP contribution in [0.15, 0.2) is 44.8 Å². The molecule has 2 N–H and O–H groups in total. The average Bonchev–Trinajstić information content (AvgIpc) is 3.93. The number of aliphatic hydroxyl groups is 1. The first-order chi connectivity index (χ1) is 26.0. The molecule has 4 aromatic rings. The Hall–Kier alpha value is -3.82. The molecular weight excluding hydrogens is 735 g/mol. The highest BCUT2D eigenvalue weighted by atomic mass is 32.2. The standard InChI is InChI=1S/C41H47N7O3S3/c1-26-31-12-11-27(20-29(31)15-19-48(26)39(50)30(22-42)21-36-45-32-9-5-6-10-33(32)53-36)8-7-16-47-17-13-28(14-18-47)38(49)46-40-44-24-37(54-40)52-25-35-43-23-34(51-35)41(2,3)4/h11-12,20-21,23-24,26,28,39,50H,5-6,9-10,13-19,25H2,1-4H3,(H,44,46,49)/b30-21+. The van der Waals surface area contributed by atoms with E-state index < -0.39 is 6.23 Å². The van der Waals surface area contributed by atoms with Gasteiger partial charge in [0, 0.05) is 34.4 Å². The highest BCUT2D eigenvalue weighted by Crippen LogP contribution is 2.35. The number of rotatable bonds is 9. The van der Waals surface area contributed by atoms with Crippen molar-refractivity contribution in [1.82, 2.24) is 24.8 Å². The molecule has 1 aromatic carbocycles. The van der Waals surface area contributed by atoms with Gasteiger partial charge in [-0.25, -0.2) is 15.0 Å². The lowest BCUT2D eigenvalue weighted by Crippen LogP contribution is -2.42. The fourth-order valence-electron chi connectivity index (χ4n) is 7.23. The van der Waals surface area contributed by atoms with E-state index in [4.69, 9.17) is 9.40 Å². The molecule has 3 aliphatic rings. The smallest absolute Gasteiger partial charge is 0.229 e. The van der Waals surface area contributed by atoms with Crippen LogP contribution in [0.3, 0.4) is 0 Å². The lowest BCUT2D eigenvalue weighted by atomic mass is 9.91. The predicted molar refractivity (Wildman–Crippen MR) is 215 cm³/mol. The van der Waals surface area contributed by atoms with Gasteiger partial charge in [0.05, 0.1) is 46.2 Å². The summed E-state index contributed by atoms with van der Waals surface area (Å²) >= 11 is 4.73. The van der Waals surface area contributed by atoms with Crippen LogP contribution >= 0.6 is 34.4 Å². The fourth-order valence-corrected chi connectivity index (χ4v) is 10.1. The number of thiazole rings is 2. The average molecular weight is 782 g/mol. The van der Waals surface area contributed by atoms with Crippen LogP contribution in [0.25, 0.3) is 6.08 Å². The molecule has 1 amide bonds. The molecule has 13 heteroatoms. The number of thioether (sulfide) groups is 1. The summed E-state index contributed by atoms with van der Waals surface area (Å²) in [5.41, 5.74) is 4.78. The van der Waals surface area contributed by atoms with Gasteiger partial charge in [-0.05, 0) is 94.3 Å². The van der Waals surface area contributed by atoms with Gasteiger partial charge in [-0.2, -0.15) is 5.26 Å². The van der Waals surface area contributed by atoms with E-state index >= 15 is 0 Å². The number of piperidine rings is 1. The van der Waals surface area contributed by atoms with Gasteiger partial charge in [0.25, 0.3) is 0 Å². The molecule has 10 nitrogen and oxygen atoms in total. The molecule has 2 aliphatic heterocycles. The quantitative estimate of drug-likeness (QED) is 0.0995. The number of hydrogen-bond donors (Lipinski definition) is 2. The number of oxazole rings is 1. The third kappa shape index (κ3) is 9.16. The maximum atomic E-state index is 13.1. The van der Waals surface area contributed by atoms with Gasteiger partial charge in [-0.15, -0.1) is 23.1 Å². The zero-order chi connectivity index (χ0) is 37.8. The maximum absolute atomic E-state index is 13.1. The Morgan fingerprint density at radius 2 is 1.96 bits per heavy atom. The SMILES string of the molecule is CC1c2ccc(C#CCN3CCC(C(=O)Nc4ncc(SCc5ncc(C(C)(C)C)o5)s4)CC3)cc2CCN1C(O)/C(C#N)=C/c1nc2c(s1)CCCC2. The van der Waals surface area contributed by atoms with Crippen molar-refractivity contribution in [3.63, 3.8) is 0 Å². The third-order valence-electron chi connectivity index (χ3n) is 10.4. The van der Waals surface area contributed by atoms with Gasteiger partial charge < -0.3 is 14.8 Å². The van der Waals surface area contributed by atoms with Gasteiger partial charge >= 0.3 is 0 Å². The minimum Gasteiger partial charge on any atom is -0.444 e. The van der Waals surface area contributed by atoms with Crippen LogP contribution in [-0.4, -0.2) is 68.2 Å². The number of amides is 1. The van der Waals surface area contributed by atoms with Gasteiger partial charge in [0.1, 0.15) is 17.0 Å². The minimum atomic E-state index is -0.989. The first kappa shape index (κ1) is 38.5. The minimum absolute atomic E-state index is 0.0290. The second kappa shape index (κ2) is 16.9. The monoisotopic (exact) mass is 781 g/mol. The Labute approximate surface area is 330 Å². The van der Waals surface area contributed by atoms with E-state index in [1.165, 1.54) is 28.2 Å². The number of aryl methyl sites for hydroxylation is 2. The van der Waals surface area contributed by atoms with Crippen molar-refractivity contribution in [2.24, 2.45) is 5.92 Å². The number of nitrogens with zero attached hydrogens (tertiary/aromatic N) is 6. The van der Waals surface area contributed by atoms with Gasteiger partial charge in [-0.3, -0.25) is 14.6 Å². The van der Waals surface area contributed by atoms with Crippen molar-refractivity contribution in [1.29, 1.82) is 5.26 Å². The Kier molecular flexibility index (Phi) is 12.0. The number of carbonyl (C=O) groups excluding carboxylic acids is 1. The van der Waals surface area contributed by atoms with Crippen molar-refractivity contribution in [2.45, 2.75) is 100 Å². The first-order valence-corrected chi connectivity index (χ1v) is 21.4. The van der Waals surface area contributed by atoms with E-state index in [-0.39, 0.29) is 23.3 Å². The Balaban J connectivity index is 0.864. The summed E-state index contributed by atoms with van der Waals surface area (Å²) < 4.78 is 6.90. The largest absolute Gasteiger partial charge is 0.444 e. The number of anilines is 1. The molecule has 0 spiro atoms. The number of aliphatic hydroxyl groups excluding tert-OH is 1. The number of nitrogens with one attached hydrogen (secondary N) is 1. The molecule has 2 atom stereocenters. The molecule has 0 radical (unpaired) electrons. The van der Waals surface area contributed by atoms with Crippen molar-refractivity contribution in [3.8, 4) is 17.9 Å². The topological polar surface area (TPSA) is 131 Å².